The van der Waals surface area contributed by atoms with Gasteiger partial charge in [-0.1, -0.05) is 18.2 Å². The standard InChI is InChI=1S/C26H27F5N4O3S2/c27-25(28)6-5-16(18(13-25)23(36)34-24(15-32)7-8-24)22-21(33-20(39-22)14-26(29,30)31)17-3-1-2-4-19(17)35-9-11-40(37,38)12-10-35/h1-4,16,18H,5-14H2,(H,34,36)/t16-,18-/m1/s1. The van der Waals surface area contributed by atoms with Crippen molar-refractivity contribution in [1.29, 1.82) is 5.26 Å². The number of para-hydroxylation sites is 1. The number of anilines is 1. The number of nitrogens with one attached hydrogen (secondary N) is 1. The fourth-order valence-electron chi connectivity index (χ4n) is 5.41. The average Bonchev–Trinajstić information content (AvgIpc) is 3.53. The molecule has 7 nitrogen and oxygen atoms in total. The Balaban J connectivity index is 1.57. The first-order valence-electron chi connectivity index (χ1n) is 12.9. The van der Waals surface area contributed by atoms with Crippen molar-refractivity contribution < 1.29 is 35.2 Å². The lowest BCUT2D eigenvalue weighted by molar-refractivity contribution is -0.134. The van der Waals surface area contributed by atoms with Crippen LogP contribution in [0, 0.1) is 17.2 Å². The molecule has 1 aliphatic heterocycles. The number of thiazole rings is 1. The lowest BCUT2D eigenvalue weighted by atomic mass is 9.75. The second kappa shape index (κ2) is 10.2. The molecule has 5 rings (SSSR count). The van der Waals surface area contributed by atoms with E-state index in [2.05, 4.69) is 10.3 Å². The van der Waals surface area contributed by atoms with Gasteiger partial charge < -0.3 is 10.2 Å². The minimum atomic E-state index is -4.56. The van der Waals surface area contributed by atoms with Gasteiger partial charge in [0.05, 0.1) is 35.6 Å². The number of sulfone groups is 1. The van der Waals surface area contributed by atoms with E-state index in [0.29, 0.717) is 29.0 Å². The van der Waals surface area contributed by atoms with Crippen molar-refractivity contribution in [3.8, 4) is 17.3 Å². The first kappa shape index (κ1) is 28.7. The van der Waals surface area contributed by atoms with E-state index in [1.165, 1.54) is 0 Å². The number of carbonyl (C=O) groups is 1. The number of benzene rings is 1. The molecule has 1 aromatic heterocycles. The van der Waals surface area contributed by atoms with Crippen LogP contribution in [0.1, 0.15) is 47.9 Å². The molecule has 40 heavy (non-hydrogen) atoms. The van der Waals surface area contributed by atoms with Crippen LogP contribution in [0.15, 0.2) is 24.3 Å². The van der Waals surface area contributed by atoms with E-state index in [-0.39, 0.29) is 41.7 Å². The summed E-state index contributed by atoms with van der Waals surface area (Å²) in [4.78, 5) is 19.8. The third kappa shape index (κ3) is 6.25. The summed E-state index contributed by atoms with van der Waals surface area (Å²) in [5, 5.41) is 11.8. The Labute approximate surface area is 232 Å². The second-order valence-electron chi connectivity index (χ2n) is 10.8. The van der Waals surface area contributed by atoms with Gasteiger partial charge in [-0.15, -0.1) is 11.3 Å². The highest BCUT2D eigenvalue weighted by atomic mass is 32.2. The van der Waals surface area contributed by atoms with Gasteiger partial charge in [-0.2, -0.15) is 18.4 Å². The lowest BCUT2D eigenvalue weighted by Crippen LogP contribution is -2.45. The van der Waals surface area contributed by atoms with Crippen LogP contribution >= 0.6 is 11.3 Å². The number of halogens is 5. The van der Waals surface area contributed by atoms with Gasteiger partial charge in [0.2, 0.25) is 11.8 Å². The fourth-order valence-corrected chi connectivity index (χ4v) is 7.93. The Kier molecular flexibility index (Phi) is 7.35. The molecule has 3 aliphatic rings. The normalized spacial score (nSPS) is 25.1. The lowest BCUT2D eigenvalue weighted by Gasteiger charge is -2.36. The maximum Gasteiger partial charge on any atom is 0.395 e. The Hall–Kier alpha value is -2.79. The maximum atomic E-state index is 14.6. The molecule has 0 unspecified atom stereocenters. The SMILES string of the molecule is N#CC1(NC(=O)[C@@H]2CC(F)(F)CC[C@H]2c2sc(CC(F)(F)F)nc2-c2ccccc2N2CCS(=O)(=O)CC2)CC1. The van der Waals surface area contributed by atoms with Crippen molar-refractivity contribution in [3.63, 3.8) is 0 Å². The molecule has 1 amide bonds. The number of nitrogens with zero attached hydrogens (tertiary/aromatic N) is 3. The largest absolute Gasteiger partial charge is 0.395 e. The summed E-state index contributed by atoms with van der Waals surface area (Å²) in [7, 11) is -3.20. The predicted molar refractivity (Wildman–Crippen MR) is 139 cm³/mol. The van der Waals surface area contributed by atoms with Crippen LogP contribution in [0.2, 0.25) is 0 Å². The predicted octanol–water partition coefficient (Wildman–Crippen LogP) is 4.84. The third-order valence-corrected chi connectivity index (χ3v) is 10.5. The quantitative estimate of drug-likeness (QED) is 0.475. The summed E-state index contributed by atoms with van der Waals surface area (Å²) in [6.07, 6.45) is -6.53. The van der Waals surface area contributed by atoms with Crippen LogP contribution in [0.4, 0.5) is 27.6 Å². The van der Waals surface area contributed by atoms with Gasteiger partial charge in [0.1, 0.15) is 10.5 Å². The molecule has 1 aromatic carbocycles. The number of nitriles is 1. The average molecular weight is 603 g/mol. The zero-order valence-electron chi connectivity index (χ0n) is 21.3. The molecule has 2 aliphatic carbocycles. The van der Waals surface area contributed by atoms with Crippen LogP contribution in [0.3, 0.4) is 0 Å². The number of hydrogen-bond acceptors (Lipinski definition) is 7. The fraction of sp³-hybridized carbons (Fsp3) is 0.577. The molecule has 2 atom stereocenters. The van der Waals surface area contributed by atoms with Crippen molar-refractivity contribution >= 4 is 32.8 Å². The van der Waals surface area contributed by atoms with Gasteiger partial charge in [0.25, 0.3) is 0 Å². The second-order valence-corrected chi connectivity index (χ2v) is 14.2. The summed E-state index contributed by atoms with van der Waals surface area (Å²) in [6.45, 7) is 0.371. The molecule has 0 spiro atoms. The van der Waals surface area contributed by atoms with Crippen molar-refractivity contribution in [2.45, 2.75) is 62.1 Å². The summed E-state index contributed by atoms with van der Waals surface area (Å²) in [5.41, 5.74) is 0.121. The molecule has 14 heteroatoms. The minimum Gasteiger partial charge on any atom is -0.369 e. The van der Waals surface area contributed by atoms with Crippen molar-refractivity contribution in [1.82, 2.24) is 10.3 Å². The van der Waals surface area contributed by atoms with E-state index in [0.717, 1.165) is 11.3 Å². The molecular formula is C26H27F5N4O3S2. The van der Waals surface area contributed by atoms with E-state index in [1.807, 2.05) is 11.0 Å². The smallest absolute Gasteiger partial charge is 0.369 e. The molecular weight excluding hydrogens is 575 g/mol. The summed E-state index contributed by atoms with van der Waals surface area (Å²) in [5.74, 6) is -6.11. The van der Waals surface area contributed by atoms with E-state index in [9.17, 15) is 40.4 Å². The molecule has 1 N–H and O–H groups in total. The van der Waals surface area contributed by atoms with Gasteiger partial charge >= 0.3 is 6.18 Å². The maximum absolute atomic E-state index is 14.6. The van der Waals surface area contributed by atoms with Crippen LogP contribution < -0.4 is 10.2 Å². The van der Waals surface area contributed by atoms with Gasteiger partial charge in [0.15, 0.2) is 9.84 Å². The van der Waals surface area contributed by atoms with Gasteiger partial charge in [0, 0.05) is 48.0 Å². The van der Waals surface area contributed by atoms with E-state index in [4.69, 9.17) is 0 Å². The monoisotopic (exact) mass is 602 g/mol. The van der Waals surface area contributed by atoms with Crippen molar-refractivity contribution in [2.75, 3.05) is 29.5 Å². The van der Waals surface area contributed by atoms with Crippen LogP contribution in [-0.4, -0.2) is 61.5 Å². The van der Waals surface area contributed by atoms with Crippen LogP contribution in [0.5, 0.6) is 0 Å². The van der Waals surface area contributed by atoms with E-state index in [1.54, 1.807) is 24.3 Å². The number of amides is 1. The third-order valence-electron chi connectivity index (χ3n) is 7.72. The zero-order valence-corrected chi connectivity index (χ0v) is 22.9. The first-order valence-corrected chi connectivity index (χ1v) is 15.6. The number of carbonyl (C=O) groups excluding carboxylic acids is 1. The Morgan fingerprint density at radius 3 is 2.48 bits per heavy atom. The van der Waals surface area contributed by atoms with Gasteiger partial charge in [-0.25, -0.2) is 22.2 Å². The molecule has 0 radical (unpaired) electrons. The number of hydrogen-bond donors (Lipinski definition) is 1. The molecule has 0 bridgehead atoms. The number of rotatable bonds is 6. The summed E-state index contributed by atoms with van der Waals surface area (Å²) >= 11 is 0.768. The van der Waals surface area contributed by atoms with Crippen LogP contribution in [0.25, 0.3) is 11.3 Å². The van der Waals surface area contributed by atoms with Gasteiger partial charge in [-0.05, 0) is 25.3 Å². The summed E-state index contributed by atoms with van der Waals surface area (Å²) in [6, 6.07) is 8.80. The topological polar surface area (TPSA) is 103 Å². The molecule has 2 aromatic rings. The molecule has 3 fully saturated rings. The summed E-state index contributed by atoms with van der Waals surface area (Å²) < 4.78 is 93.4. The van der Waals surface area contributed by atoms with Crippen LogP contribution in [-0.2, 0) is 21.1 Å². The Morgan fingerprint density at radius 2 is 1.85 bits per heavy atom. The molecule has 2 heterocycles. The van der Waals surface area contributed by atoms with E-state index >= 15 is 0 Å². The molecule has 2 saturated carbocycles. The highest BCUT2D eigenvalue weighted by Crippen LogP contribution is 2.51. The van der Waals surface area contributed by atoms with Crippen molar-refractivity contribution in [2.24, 2.45) is 5.92 Å². The number of alkyl halides is 5. The zero-order chi connectivity index (χ0) is 28.9. The molecule has 1 saturated heterocycles. The van der Waals surface area contributed by atoms with Crippen molar-refractivity contribution in [3.05, 3.63) is 34.2 Å². The number of aromatic nitrogens is 1. The van der Waals surface area contributed by atoms with E-state index < -0.39 is 64.5 Å². The highest BCUT2D eigenvalue weighted by Gasteiger charge is 2.51. The highest BCUT2D eigenvalue weighted by molar-refractivity contribution is 7.91. The van der Waals surface area contributed by atoms with Gasteiger partial charge in [-0.3, -0.25) is 4.79 Å². The first-order chi connectivity index (χ1) is 18.7. The Morgan fingerprint density at radius 1 is 1.18 bits per heavy atom. The Bertz CT molecular complexity index is 1430. The minimum absolute atomic E-state index is 0.0782. The molecule has 216 valence electrons.